The molecule has 0 aliphatic carbocycles. The van der Waals surface area contributed by atoms with Crippen molar-refractivity contribution in [2.24, 2.45) is 0 Å². The third-order valence-electron chi connectivity index (χ3n) is 2.89. The average molecular weight is 355 g/mol. The maximum Gasteiger partial charge on any atom is 0.423 e. The van der Waals surface area contributed by atoms with Crippen LogP contribution in [0.15, 0.2) is 30.5 Å². The zero-order valence-corrected chi connectivity index (χ0v) is 14.4. The Morgan fingerprint density at radius 2 is 1.56 bits per heavy atom. The topological polar surface area (TPSA) is 56.3 Å². The number of nitrogens with one attached hydrogen (secondary N) is 1. The predicted octanol–water partition coefficient (Wildman–Crippen LogP) is 4.81. The summed E-state index contributed by atoms with van der Waals surface area (Å²) < 4.78 is 49.7. The van der Waals surface area contributed by atoms with Crippen LogP contribution in [-0.2, 0) is 6.18 Å². The molecule has 1 heterocycles. The number of alkyl halides is 3. The minimum atomic E-state index is -4.58. The first-order valence-corrected chi connectivity index (χ1v) is 7.80. The molecule has 2 aromatic rings. The van der Waals surface area contributed by atoms with Crippen LogP contribution in [0.25, 0.3) is 0 Å². The lowest BCUT2D eigenvalue weighted by Gasteiger charge is -2.16. The fourth-order valence-corrected chi connectivity index (χ4v) is 1.95. The molecule has 136 valence electrons. The summed E-state index contributed by atoms with van der Waals surface area (Å²) in [6.45, 7) is 7.09. The number of halogens is 3. The molecule has 0 fully saturated rings. The van der Waals surface area contributed by atoms with E-state index in [1.54, 1.807) is 38.1 Å². The Hall–Kier alpha value is -2.51. The largest absolute Gasteiger partial charge is 0.491 e. The van der Waals surface area contributed by atoms with Crippen LogP contribution in [-0.4, -0.2) is 22.2 Å². The smallest absolute Gasteiger partial charge is 0.423 e. The van der Waals surface area contributed by atoms with E-state index in [1.807, 2.05) is 13.8 Å². The third-order valence-corrected chi connectivity index (χ3v) is 2.89. The summed E-state index contributed by atoms with van der Waals surface area (Å²) in [6, 6.07) is 6.94. The van der Waals surface area contributed by atoms with Gasteiger partial charge >= 0.3 is 6.18 Å². The fourth-order valence-electron chi connectivity index (χ4n) is 1.95. The second-order valence-electron chi connectivity index (χ2n) is 5.89. The molecule has 0 bridgehead atoms. The Bertz CT molecular complexity index is 701. The van der Waals surface area contributed by atoms with Gasteiger partial charge in [-0.15, -0.1) is 0 Å². The summed E-state index contributed by atoms with van der Waals surface area (Å²) >= 11 is 0. The van der Waals surface area contributed by atoms with Crippen LogP contribution in [0.5, 0.6) is 11.6 Å². The van der Waals surface area contributed by atoms with Crippen molar-refractivity contribution in [1.82, 2.24) is 9.97 Å². The molecule has 1 aromatic carbocycles. The van der Waals surface area contributed by atoms with E-state index >= 15 is 0 Å². The van der Waals surface area contributed by atoms with Gasteiger partial charge in [-0.1, -0.05) is 0 Å². The van der Waals surface area contributed by atoms with Crippen molar-refractivity contribution >= 4 is 11.6 Å². The zero-order chi connectivity index (χ0) is 18.6. The number of hydrogen-bond donors (Lipinski definition) is 1. The summed E-state index contributed by atoms with van der Waals surface area (Å²) in [5.41, 5.74) is -0.390. The highest BCUT2D eigenvalue weighted by Gasteiger charge is 2.36. The van der Waals surface area contributed by atoms with E-state index in [4.69, 9.17) is 9.47 Å². The van der Waals surface area contributed by atoms with Crippen molar-refractivity contribution in [1.29, 1.82) is 0 Å². The maximum absolute atomic E-state index is 13.0. The van der Waals surface area contributed by atoms with Gasteiger partial charge < -0.3 is 14.8 Å². The van der Waals surface area contributed by atoms with E-state index in [0.29, 0.717) is 17.6 Å². The highest BCUT2D eigenvalue weighted by atomic mass is 19.4. The molecule has 0 spiro atoms. The minimum absolute atomic E-state index is 0.0150. The zero-order valence-electron chi connectivity index (χ0n) is 14.4. The summed E-state index contributed by atoms with van der Waals surface area (Å²) in [7, 11) is 0. The van der Waals surface area contributed by atoms with Crippen LogP contribution in [0, 0.1) is 0 Å². The molecule has 1 aromatic heterocycles. The van der Waals surface area contributed by atoms with E-state index < -0.39 is 23.7 Å². The summed E-state index contributed by atoms with van der Waals surface area (Å²) in [6.07, 6.45) is -4.27. The van der Waals surface area contributed by atoms with Crippen LogP contribution in [0.4, 0.5) is 24.8 Å². The maximum atomic E-state index is 13.0. The number of aromatic nitrogens is 2. The molecular formula is C17H20F3N3O2. The molecule has 0 radical (unpaired) electrons. The molecule has 0 atom stereocenters. The third kappa shape index (κ3) is 5.51. The molecule has 5 nitrogen and oxygen atoms in total. The van der Waals surface area contributed by atoms with Crippen LogP contribution in [0.3, 0.4) is 0 Å². The van der Waals surface area contributed by atoms with E-state index in [9.17, 15) is 13.2 Å². The van der Waals surface area contributed by atoms with Crippen molar-refractivity contribution in [2.75, 3.05) is 5.32 Å². The molecule has 0 saturated carbocycles. The van der Waals surface area contributed by atoms with Gasteiger partial charge in [-0.3, -0.25) is 0 Å². The monoisotopic (exact) mass is 355 g/mol. The first kappa shape index (κ1) is 18.8. The first-order valence-electron chi connectivity index (χ1n) is 7.80. The average Bonchev–Trinajstić information content (AvgIpc) is 2.47. The molecule has 0 aliphatic rings. The Kier molecular flexibility index (Phi) is 5.71. The Labute approximate surface area is 144 Å². The van der Waals surface area contributed by atoms with Crippen LogP contribution in [0.2, 0.25) is 0 Å². The van der Waals surface area contributed by atoms with Gasteiger partial charge in [0, 0.05) is 11.9 Å². The van der Waals surface area contributed by atoms with Gasteiger partial charge in [0.2, 0.25) is 11.8 Å². The quantitative estimate of drug-likeness (QED) is 0.806. The molecule has 0 saturated heterocycles. The van der Waals surface area contributed by atoms with E-state index in [1.165, 1.54) is 0 Å². The van der Waals surface area contributed by atoms with Gasteiger partial charge in [-0.2, -0.15) is 18.2 Å². The van der Waals surface area contributed by atoms with Crippen LogP contribution < -0.4 is 14.8 Å². The SMILES string of the molecule is CC(C)Oc1ccc(Nc2ncc(C(F)(F)F)c(OC(C)C)n2)cc1. The van der Waals surface area contributed by atoms with E-state index in [-0.39, 0.29) is 12.1 Å². The second kappa shape index (κ2) is 7.58. The summed E-state index contributed by atoms with van der Waals surface area (Å²) in [5.74, 6) is 0.207. The van der Waals surface area contributed by atoms with Crippen molar-refractivity contribution in [3.8, 4) is 11.6 Å². The van der Waals surface area contributed by atoms with Crippen molar-refractivity contribution in [3.05, 3.63) is 36.0 Å². The molecule has 1 N–H and O–H groups in total. The molecule has 8 heteroatoms. The lowest BCUT2D eigenvalue weighted by Crippen LogP contribution is -2.15. The number of rotatable bonds is 6. The normalized spacial score (nSPS) is 11.7. The molecule has 0 unspecified atom stereocenters. The molecule has 2 rings (SSSR count). The number of benzene rings is 1. The molecular weight excluding hydrogens is 335 g/mol. The van der Waals surface area contributed by atoms with E-state index in [2.05, 4.69) is 15.3 Å². The first-order chi connectivity index (χ1) is 11.6. The molecule has 0 aliphatic heterocycles. The summed E-state index contributed by atoms with van der Waals surface area (Å²) in [4.78, 5) is 7.58. The number of hydrogen-bond acceptors (Lipinski definition) is 5. The van der Waals surface area contributed by atoms with Gasteiger partial charge in [0.05, 0.1) is 12.2 Å². The Balaban J connectivity index is 2.22. The van der Waals surface area contributed by atoms with Gasteiger partial charge in [0.1, 0.15) is 11.3 Å². The van der Waals surface area contributed by atoms with E-state index in [0.717, 1.165) is 0 Å². The van der Waals surface area contributed by atoms with Crippen molar-refractivity contribution < 1.29 is 22.6 Å². The lowest BCUT2D eigenvalue weighted by atomic mass is 10.3. The highest BCUT2D eigenvalue weighted by Crippen LogP contribution is 2.35. The second-order valence-corrected chi connectivity index (χ2v) is 5.89. The standard InChI is InChI=1S/C17H20F3N3O2/c1-10(2)24-13-7-5-12(6-8-13)22-16-21-9-14(17(18,19)20)15(23-16)25-11(3)4/h5-11H,1-4H3,(H,21,22,23). The van der Waals surface area contributed by atoms with Crippen LogP contribution >= 0.6 is 0 Å². The minimum Gasteiger partial charge on any atom is -0.491 e. The number of anilines is 2. The predicted molar refractivity (Wildman–Crippen MR) is 88.3 cm³/mol. The molecule has 0 amide bonds. The molecule has 25 heavy (non-hydrogen) atoms. The lowest BCUT2D eigenvalue weighted by molar-refractivity contribution is -0.139. The van der Waals surface area contributed by atoms with Gasteiger partial charge in [-0.05, 0) is 52.0 Å². The van der Waals surface area contributed by atoms with Crippen LogP contribution in [0.1, 0.15) is 33.3 Å². The van der Waals surface area contributed by atoms with Crippen molar-refractivity contribution in [3.63, 3.8) is 0 Å². The van der Waals surface area contributed by atoms with Gasteiger partial charge in [-0.25, -0.2) is 4.98 Å². The Morgan fingerprint density at radius 3 is 2.08 bits per heavy atom. The fraction of sp³-hybridized carbons (Fsp3) is 0.412. The van der Waals surface area contributed by atoms with Gasteiger partial charge in [0.25, 0.3) is 0 Å². The Morgan fingerprint density at radius 1 is 0.960 bits per heavy atom. The highest BCUT2D eigenvalue weighted by molar-refractivity contribution is 5.55. The van der Waals surface area contributed by atoms with Crippen molar-refractivity contribution in [2.45, 2.75) is 46.1 Å². The summed E-state index contributed by atoms with van der Waals surface area (Å²) in [5, 5.41) is 2.85. The van der Waals surface area contributed by atoms with Gasteiger partial charge in [0.15, 0.2) is 0 Å². The number of ether oxygens (including phenoxy) is 2. The number of nitrogens with zero attached hydrogens (tertiary/aromatic N) is 2.